The van der Waals surface area contributed by atoms with Crippen LogP contribution in [-0.4, -0.2) is 36.0 Å². The summed E-state index contributed by atoms with van der Waals surface area (Å²) in [7, 11) is 0. The minimum Gasteiger partial charge on any atom is -0.353 e. The number of carbonyl (C=O) groups is 1. The Balaban J connectivity index is 1.41. The van der Waals surface area contributed by atoms with Gasteiger partial charge in [0.2, 0.25) is 5.91 Å². The molecule has 0 saturated heterocycles. The topological polar surface area (TPSA) is 112 Å². The molecule has 0 aliphatic rings. The molecule has 6 aromatic heterocycles. The molecule has 9 heteroatoms. The highest BCUT2D eigenvalue weighted by Crippen LogP contribution is 2.35. The summed E-state index contributed by atoms with van der Waals surface area (Å²) >= 11 is 1.67. The second kappa shape index (κ2) is 8.44. The standard InChI is InChI=1S/C26H21N7OS/c1-14(2)26(34)30-17-8-15(11-27-13-17)16-9-19-23(32-33-25(19)29-12-16)21-10-18-20(31-21)5-6-28-24(18)22-4-3-7-35-22/h3-14,31H,1-2H3,(H,30,34)(H,29,32,33). The molecule has 35 heavy (non-hydrogen) atoms. The van der Waals surface area contributed by atoms with E-state index in [0.29, 0.717) is 11.3 Å². The van der Waals surface area contributed by atoms with Gasteiger partial charge in [0, 0.05) is 51.9 Å². The first-order valence-corrected chi connectivity index (χ1v) is 12.1. The van der Waals surface area contributed by atoms with Crippen LogP contribution in [0.15, 0.2) is 66.6 Å². The van der Waals surface area contributed by atoms with Crippen molar-refractivity contribution in [2.24, 2.45) is 5.92 Å². The largest absolute Gasteiger partial charge is 0.353 e. The van der Waals surface area contributed by atoms with Gasteiger partial charge in [-0.1, -0.05) is 19.9 Å². The Morgan fingerprint density at radius 3 is 2.74 bits per heavy atom. The van der Waals surface area contributed by atoms with Crippen molar-refractivity contribution < 1.29 is 4.79 Å². The number of H-pyrrole nitrogens is 2. The van der Waals surface area contributed by atoms with E-state index < -0.39 is 0 Å². The molecular formula is C26H21N7OS. The molecule has 6 rings (SSSR count). The number of nitrogens with one attached hydrogen (secondary N) is 3. The highest BCUT2D eigenvalue weighted by Gasteiger charge is 2.16. The lowest BCUT2D eigenvalue weighted by molar-refractivity contribution is -0.118. The van der Waals surface area contributed by atoms with Crippen LogP contribution in [0.2, 0.25) is 0 Å². The fraction of sp³-hybridized carbons (Fsp3) is 0.115. The summed E-state index contributed by atoms with van der Waals surface area (Å²) < 4.78 is 0. The molecule has 0 aliphatic carbocycles. The Kier molecular flexibility index (Phi) is 5.11. The molecule has 172 valence electrons. The first kappa shape index (κ1) is 21.2. The lowest BCUT2D eigenvalue weighted by Crippen LogP contribution is -2.17. The molecule has 0 atom stereocenters. The van der Waals surface area contributed by atoms with E-state index in [4.69, 9.17) is 0 Å². The van der Waals surface area contributed by atoms with Gasteiger partial charge in [-0.2, -0.15) is 5.10 Å². The van der Waals surface area contributed by atoms with Crippen molar-refractivity contribution in [3.05, 3.63) is 66.6 Å². The first-order valence-electron chi connectivity index (χ1n) is 11.2. The van der Waals surface area contributed by atoms with Gasteiger partial charge in [0.15, 0.2) is 5.65 Å². The molecule has 3 N–H and O–H groups in total. The summed E-state index contributed by atoms with van der Waals surface area (Å²) in [5.74, 6) is -0.165. The fourth-order valence-electron chi connectivity index (χ4n) is 4.01. The molecular weight excluding hydrogens is 458 g/mol. The van der Waals surface area contributed by atoms with E-state index >= 15 is 0 Å². The maximum absolute atomic E-state index is 12.1. The number of aromatic nitrogens is 6. The normalized spacial score (nSPS) is 11.5. The van der Waals surface area contributed by atoms with E-state index in [-0.39, 0.29) is 11.8 Å². The van der Waals surface area contributed by atoms with Gasteiger partial charge in [-0.15, -0.1) is 11.3 Å². The van der Waals surface area contributed by atoms with Crippen LogP contribution >= 0.6 is 11.3 Å². The Bertz CT molecular complexity index is 1680. The minimum atomic E-state index is -0.114. The van der Waals surface area contributed by atoms with Gasteiger partial charge in [-0.3, -0.25) is 19.9 Å². The summed E-state index contributed by atoms with van der Waals surface area (Å²) in [5, 5.41) is 14.4. The van der Waals surface area contributed by atoms with E-state index in [1.807, 2.05) is 44.3 Å². The monoisotopic (exact) mass is 479 g/mol. The van der Waals surface area contributed by atoms with Crippen molar-refractivity contribution >= 4 is 44.9 Å². The zero-order valence-electron chi connectivity index (χ0n) is 19.0. The molecule has 0 spiro atoms. The van der Waals surface area contributed by atoms with Gasteiger partial charge in [0.1, 0.15) is 0 Å². The Hall–Kier alpha value is -4.37. The molecule has 0 aliphatic heterocycles. The predicted molar refractivity (Wildman–Crippen MR) is 139 cm³/mol. The molecule has 0 unspecified atom stereocenters. The molecule has 0 saturated carbocycles. The number of hydrogen-bond donors (Lipinski definition) is 3. The maximum Gasteiger partial charge on any atom is 0.226 e. The molecule has 6 aromatic rings. The third kappa shape index (κ3) is 3.85. The number of pyridine rings is 3. The number of hydrogen-bond acceptors (Lipinski definition) is 6. The first-order chi connectivity index (χ1) is 17.1. The van der Waals surface area contributed by atoms with Gasteiger partial charge in [-0.25, -0.2) is 4.98 Å². The highest BCUT2D eigenvalue weighted by atomic mass is 32.1. The van der Waals surface area contributed by atoms with E-state index in [1.54, 1.807) is 29.9 Å². The van der Waals surface area contributed by atoms with E-state index in [0.717, 1.165) is 49.4 Å². The van der Waals surface area contributed by atoms with E-state index in [1.165, 1.54) is 0 Å². The summed E-state index contributed by atoms with van der Waals surface area (Å²) in [6, 6.07) is 12.1. The van der Waals surface area contributed by atoms with E-state index in [2.05, 4.69) is 53.0 Å². The van der Waals surface area contributed by atoms with Crippen molar-refractivity contribution in [3.63, 3.8) is 0 Å². The number of rotatable bonds is 5. The lowest BCUT2D eigenvalue weighted by Gasteiger charge is -2.09. The second-order valence-electron chi connectivity index (χ2n) is 8.58. The van der Waals surface area contributed by atoms with Gasteiger partial charge in [0.25, 0.3) is 0 Å². The van der Waals surface area contributed by atoms with Gasteiger partial charge in [-0.05, 0) is 35.7 Å². The molecule has 0 fully saturated rings. The predicted octanol–water partition coefficient (Wildman–Crippen LogP) is 5.89. The molecule has 8 nitrogen and oxygen atoms in total. The summed E-state index contributed by atoms with van der Waals surface area (Å²) in [5.41, 5.74) is 6.72. The van der Waals surface area contributed by atoms with Crippen LogP contribution in [0, 0.1) is 5.92 Å². The van der Waals surface area contributed by atoms with Gasteiger partial charge < -0.3 is 10.3 Å². The fourth-order valence-corrected chi connectivity index (χ4v) is 4.75. The third-order valence-electron chi connectivity index (χ3n) is 5.85. The second-order valence-corrected chi connectivity index (χ2v) is 9.53. The van der Waals surface area contributed by atoms with Crippen LogP contribution in [0.3, 0.4) is 0 Å². The van der Waals surface area contributed by atoms with Gasteiger partial charge in [0.05, 0.1) is 33.8 Å². The number of fused-ring (bicyclic) bond motifs is 2. The lowest BCUT2D eigenvalue weighted by atomic mass is 10.1. The van der Waals surface area contributed by atoms with Crippen LogP contribution in [-0.2, 0) is 4.79 Å². The van der Waals surface area contributed by atoms with Crippen LogP contribution < -0.4 is 5.32 Å². The zero-order chi connectivity index (χ0) is 23.9. The molecule has 0 bridgehead atoms. The number of thiophene rings is 1. The minimum absolute atomic E-state index is 0.0510. The Morgan fingerprint density at radius 2 is 1.91 bits per heavy atom. The summed E-state index contributed by atoms with van der Waals surface area (Å²) in [6.45, 7) is 3.71. The number of carbonyl (C=O) groups excluding carboxylic acids is 1. The Morgan fingerprint density at radius 1 is 1.03 bits per heavy atom. The zero-order valence-corrected chi connectivity index (χ0v) is 19.9. The molecule has 0 aromatic carbocycles. The number of anilines is 1. The third-order valence-corrected chi connectivity index (χ3v) is 6.72. The Labute approximate surface area is 204 Å². The van der Waals surface area contributed by atoms with Crippen molar-refractivity contribution in [2.45, 2.75) is 13.8 Å². The number of nitrogens with zero attached hydrogens (tertiary/aromatic N) is 4. The molecule has 6 heterocycles. The summed E-state index contributed by atoms with van der Waals surface area (Å²) in [4.78, 5) is 30.2. The maximum atomic E-state index is 12.1. The van der Waals surface area contributed by atoms with Crippen LogP contribution in [0.1, 0.15) is 13.8 Å². The van der Waals surface area contributed by atoms with Crippen molar-refractivity contribution in [1.29, 1.82) is 0 Å². The van der Waals surface area contributed by atoms with Crippen molar-refractivity contribution in [3.8, 4) is 33.1 Å². The SMILES string of the molecule is CC(C)C(=O)Nc1cncc(-c2cnc3n[nH]c(-c4cc5c(-c6cccs6)nccc5[nH]4)c3c2)c1. The number of amides is 1. The van der Waals surface area contributed by atoms with Crippen molar-refractivity contribution in [2.75, 3.05) is 5.32 Å². The van der Waals surface area contributed by atoms with Crippen LogP contribution in [0.5, 0.6) is 0 Å². The van der Waals surface area contributed by atoms with E-state index in [9.17, 15) is 4.79 Å². The smallest absolute Gasteiger partial charge is 0.226 e. The highest BCUT2D eigenvalue weighted by molar-refractivity contribution is 7.13. The average Bonchev–Trinajstić information content (AvgIpc) is 3.62. The summed E-state index contributed by atoms with van der Waals surface area (Å²) in [6.07, 6.45) is 6.99. The average molecular weight is 480 g/mol. The van der Waals surface area contributed by atoms with Crippen molar-refractivity contribution in [1.82, 2.24) is 30.1 Å². The van der Waals surface area contributed by atoms with Crippen LogP contribution in [0.25, 0.3) is 55.0 Å². The number of aromatic amines is 2. The quantitative estimate of drug-likeness (QED) is 0.286. The molecule has 0 radical (unpaired) electrons. The van der Waals surface area contributed by atoms with Crippen LogP contribution in [0.4, 0.5) is 5.69 Å². The van der Waals surface area contributed by atoms with Gasteiger partial charge >= 0.3 is 0 Å². The molecule has 1 amide bonds.